The van der Waals surface area contributed by atoms with Crippen molar-refractivity contribution in [2.75, 3.05) is 0 Å². The quantitative estimate of drug-likeness (QED) is 0.310. The van der Waals surface area contributed by atoms with Gasteiger partial charge >= 0.3 is 11.6 Å². The van der Waals surface area contributed by atoms with E-state index < -0.39 is 27.7 Å². The Balaban J connectivity index is 1.93. The van der Waals surface area contributed by atoms with E-state index in [2.05, 4.69) is 4.72 Å². The molecular formula is C24H27NO6S. The maximum atomic E-state index is 13.1. The van der Waals surface area contributed by atoms with Gasteiger partial charge in [-0.25, -0.2) is 18.0 Å². The van der Waals surface area contributed by atoms with Crippen LogP contribution in [0.25, 0.3) is 11.0 Å². The lowest BCUT2D eigenvalue weighted by Gasteiger charge is -2.18. The minimum Gasteiger partial charge on any atom is -0.425 e. The van der Waals surface area contributed by atoms with E-state index in [1.54, 1.807) is 38.1 Å². The topological polar surface area (TPSA) is 103 Å². The SMILES string of the molecule is CCCCC(NS(=O)(=O)c1ccc(C)cc1)C(=O)Oc1cc(C)cc2oc(=O)cc(C)c12. The molecule has 0 spiro atoms. The minimum atomic E-state index is -3.92. The first kappa shape index (κ1) is 23.7. The number of sulfonamides is 1. The van der Waals surface area contributed by atoms with E-state index in [9.17, 15) is 18.0 Å². The maximum Gasteiger partial charge on any atom is 0.336 e. The van der Waals surface area contributed by atoms with Gasteiger partial charge in [-0.1, -0.05) is 37.5 Å². The summed E-state index contributed by atoms with van der Waals surface area (Å²) in [6, 6.07) is 10.0. The molecule has 0 saturated heterocycles. The Hall–Kier alpha value is -2.97. The van der Waals surface area contributed by atoms with Crippen molar-refractivity contribution in [2.24, 2.45) is 0 Å². The van der Waals surface area contributed by atoms with E-state index in [4.69, 9.17) is 9.15 Å². The van der Waals surface area contributed by atoms with E-state index in [0.29, 0.717) is 23.0 Å². The Kier molecular flexibility index (Phi) is 7.16. The van der Waals surface area contributed by atoms with Crippen molar-refractivity contribution < 1.29 is 22.4 Å². The zero-order valence-corrected chi connectivity index (χ0v) is 19.4. The van der Waals surface area contributed by atoms with Gasteiger partial charge in [0, 0.05) is 6.07 Å². The second-order valence-electron chi connectivity index (χ2n) is 7.93. The normalized spacial score (nSPS) is 12.6. The molecule has 0 aliphatic rings. The van der Waals surface area contributed by atoms with Crippen LogP contribution in [0.4, 0.5) is 0 Å². The fraction of sp³-hybridized carbons (Fsp3) is 0.333. The molecule has 7 nitrogen and oxygen atoms in total. The number of benzene rings is 2. The first-order valence-corrected chi connectivity index (χ1v) is 11.9. The van der Waals surface area contributed by atoms with Crippen molar-refractivity contribution in [3.05, 3.63) is 69.6 Å². The number of aryl methyl sites for hydroxylation is 3. The molecule has 8 heteroatoms. The van der Waals surface area contributed by atoms with Gasteiger partial charge in [0.2, 0.25) is 10.0 Å². The van der Waals surface area contributed by atoms with Crippen LogP contribution in [0.5, 0.6) is 5.75 Å². The molecule has 1 unspecified atom stereocenters. The summed E-state index contributed by atoms with van der Waals surface area (Å²) in [4.78, 5) is 24.9. The van der Waals surface area contributed by atoms with Gasteiger partial charge in [0.25, 0.3) is 0 Å². The van der Waals surface area contributed by atoms with Gasteiger partial charge in [-0.05, 0) is 62.6 Å². The summed E-state index contributed by atoms with van der Waals surface area (Å²) in [6.45, 7) is 7.33. The predicted molar refractivity (Wildman–Crippen MR) is 122 cm³/mol. The molecule has 0 radical (unpaired) electrons. The van der Waals surface area contributed by atoms with Gasteiger partial charge < -0.3 is 9.15 Å². The first-order valence-electron chi connectivity index (χ1n) is 10.5. The molecule has 0 bridgehead atoms. The standard InChI is InChI=1S/C24H27NO6S/c1-5-6-7-19(25-32(28,29)18-10-8-15(2)9-11-18)24(27)31-21-13-16(3)12-20-23(21)17(4)14-22(26)30-20/h8-14,19,25H,5-7H2,1-4H3. The molecule has 2 aromatic carbocycles. The van der Waals surface area contributed by atoms with E-state index in [0.717, 1.165) is 17.5 Å². The number of ether oxygens (including phenoxy) is 1. The van der Waals surface area contributed by atoms with Crippen LogP contribution in [0.1, 0.15) is 42.9 Å². The average molecular weight is 458 g/mol. The number of hydrogen-bond acceptors (Lipinski definition) is 6. The maximum absolute atomic E-state index is 13.1. The highest BCUT2D eigenvalue weighted by molar-refractivity contribution is 7.89. The number of nitrogens with one attached hydrogen (secondary N) is 1. The van der Waals surface area contributed by atoms with Crippen LogP contribution in [-0.2, 0) is 14.8 Å². The van der Waals surface area contributed by atoms with Gasteiger partial charge in [0.05, 0.1) is 10.3 Å². The number of carbonyl (C=O) groups excluding carboxylic acids is 1. The smallest absolute Gasteiger partial charge is 0.336 e. The fourth-order valence-corrected chi connectivity index (χ4v) is 4.66. The molecule has 32 heavy (non-hydrogen) atoms. The molecule has 1 N–H and O–H groups in total. The summed E-state index contributed by atoms with van der Waals surface area (Å²) in [5.74, 6) is -0.492. The number of carbonyl (C=O) groups is 1. The molecule has 0 amide bonds. The molecule has 1 aromatic heterocycles. The average Bonchev–Trinajstić information content (AvgIpc) is 2.70. The van der Waals surface area contributed by atoms with Crippen molar-refractivity contribution in [3.8, 4) is 5.75 Å². The van der Waals surface area contributed by atoms with Crippen LogP contribution in [0.2, 0.25) is 0 Å². The van der Waals surface area contributed by atoms with Gasteiger partial charge in [0.1, 0.15) is 17.4 Å². The largest absolute Gasteiger partial charge is 0.425 e. The zero-order chi connectivity index (χ0) is 23.5. The molecule has 0 fully saturated rings. The second-order valence-corrected chi connectivity index (χ2v) is 9.65. The number of unbranched alkanes of at least 4 members (excludes halogenated alkanes) is 1. The Bertz CT molecular complexity index is 1290. The van der Waals surface area contributed by atoms with Crippen LogP contribution in [0, 0.1) is 20.8 Å². The lowest BCUT2D eigenvalue weighted by molar-refractivity contribution is -0.136. The lowest BCUT2D eigenvalue weighted by Crippen LogP contribution is -2.43. The third kappa shape index (κ3) is 5.44. The fourth-order valence-electron chi connectivity index (χ4n) is 3.44. The van der Waals surface area contributed by atoms with E-state index in [1.165, 1.54) is 18.2 Å². The molecule has 0 aliphatic heterocycles. The first-order chi connectivity index (χ1) is 15.1. The van der Waals surface area contributed by atoms with Gasteiger partial charge in [-0.2, -0.15) is 4.72 Å². The predicted octanol–water partition coefficient (Wildman–Crippen LogP) is 4.16. The molecule has 3 rings (SSSR count). The lowest BCUT2D eigenvalue weighted by atomic mass is 10.1. The summed E-state index contributed by atoms with van der Waals surface area (Å²) in [7, 11) is -3.92. The highest BCUT2D eigenvalue weighted by Gasteiger charge is 2.28. The van der Waals surface area contributed by atoms with Gasteiger partial charge in [-0.3, -0.25) is 0 Å². The number of rotatable bonds is 8. The van der Waals surface area contributed by atoms with Gasteiger partial charge in [-0.15, -0.1) is 0 Å². The molecule has 1 atom stereocenters. The van der Waals surface area contributed by atoms with Crippen LogP contribution in [0.3, 0.4) is 0 Å². The molecule has 170 valence electrons. The molecule has 0 aliphatic carbocycles. The van der Waals surface area contributed by atoms with E-state index in [-0.39, 0.29) is 17.1 Å². The van der Waals surface area contributed by atoms with Crippen LogP contribution >= 0.6 is 0 Å². The van der Waals surface area contributed by atoms with E-state index >= 15 is 0 Å². The third-order valence-corrected chi connectivity index (χ3v) is 6.61. The minimum absolute atomic E-state index is 0.0797. The number of esters is 1. The van der Waals surface area contributed by atoms with Crippen LogP contribution < -0.4 is 15.1 Å². The number of hydrogen-bond donors (Lipinski definition) is 1. The van der Waals surface area contributed by atoms with Crippen molar-refractivity contribution in [1.29, 1.82) is 0 Å². The van der Waals surface area contributed by atoms with Crippen LogP contribution in [0.15, 0.2) is 56.6 Å². The van der Waals surface area contributed by atoms with Crippen molar-refractivity contribution in [2.45, 2.75) is 57.9 Å². The number of fused-ring (bicyclic) bond motifs is 1. The van der Waals surface area contributed by atoms with Crippen LogP contribution in [-0.4, -0.2) is 20.4 Å². The Morgan fingerprint density at radius 1 is 1.06 bits per heavy atom. The summed E-state index contributed by atoms with van der Waals surface area (Å²) in [5, 5.41) is 0.499. The second kappa shape index (κ2) is 9.67. The van der Waals surface area contributed by atoms with Crippen molar-refractivity contribution >= 4 is 27.0 Å². The Labute approximate surface area is 187 Å². The summed E-state index contributed by atoms with van der Waals surface area (Å²) in [6.07, 6.45) is 1.71. The molecule has 1 heterocycles. The summed E-state index contributed by atoms with van der Waals surface area (Å²) in [5.41, 5.74) is 2.08. The van der Waals surface area contributed by atoms with Crippen molar-refractivity contribution in [1.82, 2.24) is 4.72 Å². The van der Waals surface area contributed by atoms with E-state index in [1.807, 2.05) is 13.8 Å². The Morgan fingerprint density at radius 3 is 2.41 bits per heavy atom. The summed E-state index contributed by atoms with van der Waals surface area (Å²) >= 11 is 0. The summed E-state index contributed by atoms with van der Waals surface area (Å²) < 4.78 is 39.1. The highest BCUT2D eigenvalue weighted by atomic mass is 32.2. The van der Waals surface area contributed by atoms with Crippen molar-refractivity contribution in [3.63, 3.8) is 0 Å². The molecule has 3 aromatic rings. The zero-order valence-electron chi connectivity index (χ0n) is 18.6. The highest BCUT2D eigenvalue weighted by Crippen LogP contribution is 2.30. The molecule has 0 saturated carbocycles. The third-order valence-electron chi connectivity index (χ3n) is 5.12. The van der Waals surface area contributed by atoms with Gasteiger partial charge in [0.15, 0.2) is 0 Å². The Morgan fingerprint density at radius 2 is 1.75 bits per heavy atom. The molecular weight excluding hydrogens is 430 g/mol. The monoisotopic (exact) mass is 457 g/mol.